The zero-order chi connectivity index (χ0) is 12.1. The van der Waals surface area contributed by atoms with Crippen molar-refractivity contribution in [2.45, 2.75) is 45.8 Å². The van der Waals surface area contributed by atoms with Crippen molar-refractivity contribution in [1.82, 2.24) is 25.0 Å². The molecule has 5 heteroatoms. The van der Waals surface area contributed by atoms with Crippen LogP contribution in [-0.4, -0.2) is 45.3 Å². The molecule has 1 aliphatic heterocycles. The molecule has 2 heterocycles. The van der Waals surface area contributed by atoms with Crippen LogP contribution in [-0.2, 0) is 13.1 Å². The summed E-state index contributed by atoms with van der Waals surface area (Å²) in [5, 5.41) is 7.71. The van der Waals surface area contributed by atoms with E-state index in [1.165, 1.54) is 6.42 Å². The van der Waals surface area contributed by atoms with Crippen LogP contribution in [0.25, 0.3) is 0 Å². The minimum Gasteiger partial charge on any atom is -0.315 e. The summed E-state index contributed by atoms with van der Waals surface area (Å²) in [6.07, 6.45) is 4.02. The van der Waals surface area contributed by atoms with Gasteiger partial charge in [-0.1, -0.05) is 13.8 Å². The lowest BCUT2D eigenvalue weighted by Crippen LogP contribution is -2.37. The summed E-state index contributed by atoms with van der Waals surface area (Å²) in [4.78, 5) is 6.88. The smallest absolute Gasteiger partial charge is 0.141 e. The van der Waals surface area contributed by atoms with Crippen LogP contribution in [0.1, 0.15) is 32.5 Å². The Labute approximate surface area is 103 Å². The van der Waals surface area contributed by atoms with E-state index in [1.807, 2.05) is 4.68 Å². The molecule has 1 unspecified atom stereocenters. The Morgan fingerprint density at radius 2 is 2.41 bits per heavy atom. The van der Waals surface area contributed by atoms with Gasteiger partial charge in [-0.25, -0.2) is 9.67 Å². The lowest BCUT2D eigenvalue weighted by molar-refractivity contribution is 0.201. The maximum Gasteiger partial charge on any atom is 0.141 e. The lowest BCUT2D eigenvalue weighted by Gasteiger charge is -2.26. The van der Waals surface area contributed by atoms with Gasteiger partial charge in [0.05, 0.1) is 6.54 Å². The molecule has 1 N–H and O–H groups in total. The van der Waals surface area contributed by atoms with Crippen molar-refractivity contribution in [3.8, 4) is 0 Å². The molecule has 17 heavy (non-hydrogen) atoms. The molecule has 0 radical (unpaired) electrons. The Balaban J connectivity index is 1.99. The van der Waals surface area contributed by atoms with Crippen molar-refractivity contribution >= 4 is 0 Å². The molecule has 0 aliphatic carbocycles. The Morgan fingerprint density at radius 3 is 3.06 bits per heavy atom. The first-order chi connectivity index (χ1) is 8.35. The number of aromatic nitrogens is 3. The fraction of sp³-hybridized carbons (Fsp3) is 0.833. The molecule has 0 spiro atoms. The van der Waals surface area contributed by atoms with Crippen LogP contribution in [0.4, 0.5) is 0 Å². The molecule has 0 saturated carbocycles. The van der Waals surface area contributed by atoms with Crippen LogP contribution in [0.15, 0.2) is 6.33 Å². The highest BCUT2D eigenvalue weighted by Gasteiger charge is 2.22. The standard InChI is InChI=1S/C12H23N5/c1-3-7-17-12(14-10-15-17)9-16(4-2)11-5-6-13-8-11/h10-11,13H,3-9H2,1-2H3. The summed E-state index contributed by atoms with van der Waals surface area (Å²) in [6, 6.07) is 0.659. The first kappa shape index (κ1) is 12.5. The first-order valence-corrected chi connectivity index (χ1v) is 6.66. The monoisotopic (exact) mass is 237 g/mol. The summed E-state index contributed by atoms with van der Waals surface area (Å²) in [6.45, 7) is 9.60. The molecule has 96 valence electrons. The fourth-order valence-corrected chi connectivity index (χ4v) is 2.44. The topological polar surface area (TPSA) is 46.0 Å². The maximum absolute atomic E-state index is 4.38. The first-order valence-electron chi connectivity index (χ1n) is 6.66. The average Bonchev–Trinajstić information content (AvgIpc) is 2.97. The van der Waals surface area contributed by atoms with E-state index < -0.39 is 0 Å². The fourth-order valence-electron chi connectivity index (χ4n) is 2.44. The average molecular weight is 237 g/mol. The molecule has 0 bridgehead atoms. The van der Waals surface area contributed by atoms with Crippen molar-refractivity contribution < 1.29 is 0 Å². The zero-order valence-corrected chi connectivity index (χ0v) is 10.9. The van der Waals surface area contributed by atoms with E-state index in [2.05, 4.69) is 34.1 Å². The molecule has 1 aliphatic rings. The van der Waals surface area contributed by atoms with Gasteiger partial charge in [0.15, 0.2) is 0 Å². The number of rotatable bonds is 6. The molecule has 2 rings (SSSR count). The Kier molecular flexibility index (Phi) is 4.50. The largest absolute Gasteiger partial charge is 0.315 e. The second-order valence-corrected chi connectivity index (χ2v) is 4.61. The normalized spacial score (nSPS) is 20.3. The minimum atomic E-state index is 0.659. The third-order valence-corrected chi connectivity index (χ3v) is 3.43. The number of nitrogens with zero attached hydrogens (tertiary/aromatic N) is 4. The number of aryl methyl sites for hydroxylation is 1. The van der Waals surface area contributed by atoms with Crippen molar-refractivity contribution in [2.24, 2.45) is 0 Å². The van der Waals surface area contributed by atoms with Crippen LogP contribution in [0.3, 0.4) is 0 Å². The number of nitrogens with one attached hydrogen (secondary N) is 1. The summed E-state index contributed by atoms with van der Waals surface area (Å²) in [5.41, 5.74) is 0. The van der Waals surface area contributed by atoms with Gasteiger partial charge in [-0.3, -0.25) is 4.90 Å². The van der Waals surface area contributed by atoms with Gasteiger partial charge in [-0.2, -0.15) is 5.10 Å². The summed E-state index contributed by atoms with van der Waals surface area (Å²) in [5.74, 6) is 1.10. The molecular formula is C12H23N5. The van der Waals surface area contributed by atoms with Crippen LogP contribution < -0.4 is 5.32 Å². The molecule has 1 aromatic rings. The van der Waals surface area contributed by atoms with Gasteiger partial charge in [0.2, 0.25) is 0 Å². The molecular weight excluding hydrogens is 214 g/mol. The van der Waals surface area contributed by atoms with Gasteiger partial charge in [0, 0.05) is 19.1 Å². The third kappa shape index (κ3) is 3.04. The van der Waals surface area contributed by atoms with E-state index in [-0.39, 0.29) is 0 Å². The highest BCUT2D eigenvalue weighted by Crippen LogP contribution is 2.11. The van der Waals surface area contributed by atoms with Crippen molar-refractivity contribution in [3.63, 3.8) is 0 Å². The second-order valence-electron chi connectivity index (χ2n) is 4.61. The third-order valence-electron chi connectivity index (χ3n) is 3.43. The van der Waals surface area contributed by atoms with Crippen LogP contribution >= 0.6 is 0 Å². The van der Waals surface area contributed by atoms with E-state index in [0.717, 1.165) is 45.0 Å². The van der Waals surface area contributed by atoms with E-state index in [0.29, 0.717) is 6.04 Å². The molecule has 1 atom stereocenters. The molecule has 1 aromatic heterocycles. The van der Waals surface area contributed by atoms with Gasteiger partial charge >= 0.3 is 0 Å². The SMILES string of the molecule is CCCn1ncnc1CN(CC)C1CCNC1. The maximum atomic E-state index is 4.38. The predicted molar refractivity (Wildman–Crippen MR) is 67.7 cm³/mol. The van der Waals surface area contributed by atoms with Crippen molar-refractivity contribution in [3.05, 3.63) is 12.2 Å². The summed E-state index contributed by atoms with van der Waals surface area (Å²) >= 11 is 0. The second kappa shape index (κ2) is 6.12. The van der Waals surface area contributed by atoms with Crippen molar-refractivity contribution in [2.75, 3.05) is 19.6 Å². The Hall–Kier alpha value is -0.940. The number of hydrogen-bond acceptors (Lipinski definition) is 4. The highest BCUT2D eigenvalue weighted by molar-refractivity contribution is 4.88. The molecule has 5 nitrogen and oxygen atoms in total. The van der Waals surface area contributed by atoms with Crippen LogP contribution in [0.5, 0.6) is 0 Å². The number of hydrogen-bond donors (Lipinski definition) is 1. The molecule has 1 saturated heterocycles. The zero-order valence-electron chi connectivity index (χ0n) is 10.9. The highest BCUT2D eigenvalue weighted by atomic mass is 15.4. The summed E-state index contributed by atoms with van der Waals surface area (Å²) in [7, 11) is 0. The Bertz CT molecular complexity index is 329. The molecule has 0 amide bonds. The van der Waals surface area contributed by atoms with E-state index in [1.54, 1.807) is 6.33 Å². The minimum absolute atomic E-state index is 0.659. The van der Waals surface area contributed by atoms with E-state index >= 15 is 0 Å². The summed E-state index contributed by atoms with van der Waals surface area (Å²) < 4.78 is 2.03. The van der Waals surface area contributed by atoms with Gasteiger partial charge < -0.3 is 5.32 Å². The van der Waals surface area contributed by atoms with Gasteiger partial charge in [-0.05, 0) is 25.9 Å². The Morgan fingerprint density at radius 1 is 1.53 bits per heavy atom. The van der Waals surface area contributed by atoms with Crippen molar-refractivity contribution in [1.29, 1.82) is 0 Å². The van der Waals surface area contributed by atoms with Crippen LogP contribution in [0, 0.1) is 0 Å². The van der Waals surface area contributed by atoms with Gasteiger partial charge in [0.1, 0.15) is 12.2 Å². The van der Waals surface area contributed by atoms with E-state index in [9.17, 15) is 0 Å². The van der Waals surface area contributed by atoms with Gasteiger partial charge in [-0.15, -0.1) is 0 Å². The molecule has 1 fully saturated rings. The quantitative estimate of drug-likeness (QED) is 0.797. The van der Waals surface area contributed by atoms with Crippen LogP contribution in [0.2, 0.25) is 0 Å². The van der Waals surface area contributed by atoms with Gasteiger partial charge in [0.25, 0.3) is 0 Å². The lowest BCUT2D eigenvalue weighted by atomic mass is 10.2. The number of likely N-dealkylation sites (N-methyl/N-ethyl adjacent to an activating group) is 1. The molecule has 0 aromatic carbocycles. The predicted octanol–water partition coefficient (Wildman–Crippen LogP) is 0.872. The van der Waals surface area contributed by atoms with E-state index in [4.69, 9.17) is 0 Å².